The van der Waals surface area contributed by atoms with Crippen LogP contribution < -0.4 is 5.32 Å². The fourth-order valence-corrected chi connectivity index (χ4v) is 2.15. The van der Waals surface area contributed by atoms with E-state index in [1.807, 2.05) is 13.0 Å². The van der Waals surface area contributed by atoms with Crippen LogP contribution in [0.25, 0.3) is 0 Å². The molecule has 0 aliphatic rings. The molecule has 0 spiro atoms. The summed E-state index contributed by atoms with van der Waals surface area (Å²) >= 11 is 5.99. The minimum absolute atomic E-state index is 0.365. The van der Waals surface area contributed by atoms with Gasteiger partial charge in [0.2, 0.25) is 0 Å². The third kappa shape index (κ3) is 3.73. The minimum atomic E-state index is -0.391. The first kappa shape index (κ1) is 15.3. The number of methoxy groups -OCH3 is 1. The summed E-state index contributed by atoms with van der Waals surface area (Å²) in [4.78, 5) is 11.5. The standard InChI is InChI=1S/C16H15ClFNO2/c1-10-3-4-11(16(20)21-2)7-15(10)19-9-12-5-6-13(18)8-14(12)17/h3-8,19H,9H2,1-2H3. The highest BCUT2D eigenvalue weighted by Crippen LogP contribution is 2.21. The van der Waals surface area contributed by atoms with Gasteiger partial charge < -0.3 is 10.1 Å². The third-order valence-corrected chi connectivity index (χ3v) is 3.49. The van der Waals surface area contributed by atoms with E-state index in [-0.39, 0.29) is 5.82 Å². The smallest absolute Gasteiger partial charge is 0.337 e. The van der Waals surface area contributed by atoms with Gasteiger partial charge in [0.05, 0.1) is 12.7 Å². The maximum absolute atomic E-state index is 13.0. The Kier molecular flexibility index (Phi) is 4.81. The first-order valence-corrected chi connectivity index (χ1v) is 6.76. The van der Waals surface area contributed by atoms with Gasteiger partial charge in [-0.15, -0.1) is 0 Å². The predicted molar refractivity (Wildman–Crippen MR) is 81.3 cm³/mol. The summed E-state index contributed by atoms with van der Waals surface area (Å²) in [5.41, 5.74) is 3.04. The topological polar surface area (TPSA) is 38.3 Å². The molecule has 0 aliphatic heterocycles. The number of aryl methyl sites for hydroxylation is 1. The van der Waals surface area contributed by atoms with Crippen molar-refractivity contribution in [2.45, 2.75) is 13.5 Å². The Morgan fingerprint density at radius 2 is 2.05 bits per heavy atom. The molecule has 0 atom stereocenters. The van der Waals surface area contributed by atoms with Crippen molar-refractivity contribution in [3.8, 4) is 0 Å². The highest BCUT2D eigenvalue weighted by Gasteiger charge is 2.08. The zero-order valence-electron chi connectivity index (χ0n) is 11.7. The van der Waals surface area contributed by atoms with E-state index in [0.717, 1.165) is 16.8 Å². The number of carbonyl (C=O) groups excluding carboxylic acids is 1. The van der Waals surface area contributed by atoms with Gasteiger partial charge in [-0.2, -0.15) is 0 Å². The van der Waals surface area contributed by atoms with Crippen molar-refractivity contribution in [1.29, 1.82) is 0 Å². The van der Waals surface area contributed by atoms with Crippen molar-refractivity contribution in [2.24, 2.45) is 0 Å². The van der Waals surface area contributed by atoms with Crippen LogP contribution in [0.3, 0.4) is 0 Å². The summed E-state index contributed by atoms with van der Waals surface area (Å²) in [5, 5.41) is 3.56. The molecule has 0 heterocycles. The number of ether oxygens (including phenoxy) is 1. The number of anilines is 1. The fraction of sp³-hybridized carbons (Fsp3) is 0.188. The fourth-order valence-electron chi connectivity index (χ4n) is 1.91. The average molecular weight is 308 g/mol. The van der Waals surface area contributed by atoms with Gasteiger partial charge >= 0.3 is 5.97 Å². The number of hydrogen-bond acceptors (Lipinski definition) is 3. The number of esters is 1. The third-order valence-electron chi connectivity index (χ3n) is 3.14. The van der Waals surface area contributed by atoms with Gasteiger partial charge in [-0.25, -0.2) is 9.18 Å². The molecule has 110 valence electrons. The monoisotopic (exact) mass is 307 g/mol. The van der Waals surface area contributed by atoms with E-state index in [1.54, 1.807) is 18.2 Å². The maximum Gasteiger partial charge on any atom is 0.337 e. The van der Waals surface area contributed by atoms with Crippen LogP contribution in [0.5, 0.6) is 0 Å². The Labute approximate surface area is 127 Å². The molecule has 21 heavy (non-hydrogen) atoms. The Morgan fingerprint density at radius 3 is 2.71 bits per heavy atom. The molecule has 0 amide bonds. The zero-order chi connectivity index (χ0) is 15.4. The van der Waals surface area contributed by atoms with Gasteiger partial charge in [0.1, 0.15) is 5.82 Å². The summed E-state index contributed by atoms with van der Waals surface area (Å²) < 4.78 is 17.7. The van der Waals surface area contributed by atoms with E-state index in [9.17, 15) is 9.18 Å². The van der Waals surface area contributed by atoms with E-state index in [4.69, 9.17) is 16.3 Å². The minimum Gasteiger partial charge on any atom is -0.465 e. The summed E-state index contributed by atoms with van der Waals surface area (Å²) in [5.74, 6) is -0.759. The van der Waals surface area contributed by atoms with E-state index in [1.165, 1.54) is 19.2 Å². The summed E-state index contributed by atoms with van der Waals surface area (Å²) in [7, 11) is 1.34. The molecular weight excluding hydrogens is 293 g/mol. The van der Waals surface area contributed by atoms with E-state index < -0.39 is 5.97 Å². The predicted octanol–water partition coefficient (Wildman–Crippen LogP) is 4.19. The molecule has 0 radical (unpaired) electrons. The Bertz CT molecular complexity index is 673. The highest BCUT2D eigenvalue weighted by atomic mass is 35.5. The molecule has 2 rings (SSSR count). The van der Waals surface area contributed by atoms with E-state index in [2.05, 4.69) is 5.32 Å². The second kappa shape index (κ2) is 6.59. The van der Waals surface area contributed by atoms with E-state index >= 15 is 0 Å². The molecule has 2 aromatic carbocycles. The molecule has 1 N–H and O–H groups in total. The van der Waals surface area contributed by atoms with Crippen molar-refractivity contribution in [3.05, 3.63) is 63.9 Å². The van der Waals surface area contributed by atoms with Crippen molar-refractivity contribution >= 4 is 23.3 Å². The Hall–Kier alpha value is -2.07. The molecule has 3 nitrogen and oxygen atoms in total. The lowest BCUT2D eigenvalue weighted by Gasteiger charge is -2.12. The quantitative estimate of drug-likeness (QED) is 0.861. The van der Waals surface area contributed by atoms with Crippen LogP contribution in [0.1, 0.15) is 21.5 Å². The molecule has 0 saturated carbocycles. The normalized spacial score (nSPS) is 10.3. The van der Waals surface area contributed by atoms with Crippen molar-refractivity contribution in [1.82, 2.24) is 0 Å². The van der Waals surface area contributed by atoms with Gasteiger partial charge in [-0.1, -0.05) is 23.7 Å². The van der Waals surface area contributed by atoms with Crippen LogP contribution in [0.2, 0.25) is 5.02 Å². The number of nitrogens with one attached hydrogen (secondary N) is 1. The number of benzene rings is 2. The van der Waals surface area contributed by atoms with Crippen LogP contribution in [-0.2, 0) is 11.3 Å². The van der Waals surface area contributed by atoms with Crippen LogP contribution >= 0.6 is 11.6 Å². The SMILES string of the molecule is COC(=O)c1ccc(C)c(NCc2ccc(F)cc2Cl)c1. The first-order valence-electron chi connectivity index (χ1n) is 6.38. The van der Waals surface area contributed by atoms with Gasteiger partial charge in [0, 0.05) is 17.3 Å². The summed E-state index contributed by atoms with van der Waals surface area (Å²) in [6.45, 7) is 2.36. The van der Waals surface area contributed by atoms with Crippen LogP contribution in [0.15, 0.2) is 36.4 Å². The Balaban J connectivity index is 2.17. The van der Waals surface area contributed by atoms with Crippen molar-refractivity contribution in [3.63, 3.8) is 0 Å². The highest BCUT2D eigenvalue weighted by molar-refractivity contribution is 6.31. The maximum atomic E-state index is 13.0. The van der Waals surface area contributed by atoms with Crippen LogP contribution in [-0.4, -0.2) is 13.1 Å². The second-order valence-corrected chi connectivity index (χ2v) is 5.02. The second-order valence-electron chi connectivity index (χ2n) is 4.61. The lowest BCUT2D eigenvalue weighted by atomic mass is 10.1. The molecule has 5 heteroatoms. The molecule has 2 aromatic rings. The van der Waals surface area contributed by atoms with Gasteiger partial charge in [-0.05, 0) is 42.3 Å². The number of halogens is 2. The van der Waals surface area contributed by atoms with Gasteiger partial charge in [0.15, 0.2) is 0 Å². The summed E-state index contributed by atoms with van der Waals surface area (Å²) in [6.07, 6.45) is 0. The van der Waals surface area contributed by atoms with Crippen molar-refractivity contribution < 1.29 is 13.9 Å². The largest absolute Gasteiger partial charge is 0.465 e. The van der Waals surface area contributed by atoms with Gasteiger partial charge in [-0.3, -0.25) is 0 Å². The number of rotatable bonds is 4. The molecule has 0 unspecified atom stereocenters. The molecule has 0 aliphatic carbocycles. The molecular formula is C16H15ClFNO2. The van der Waals surface area contributed by atoms with Gasteiger partial charge in [0.25, 0.3) is 0 Å². The van der Waals surface area contributed by atoms with Crippen LogP contribution in [0, 0.1) is 12.7 Å². The Morgan fingerprint density at radius 1 is 1.29 bits per heavy atom. The van der Waals surface area contributed by atoms with E-state index in [0.29, 0.717) is 17.1 Å². The lowest BCUT2D eigenvalue weighted by molar-refractivity contribution is 0.0601. The molecule has 0 aromatic heterocycles. The van der Waals surface area contributed by atoms with Crippen molar-refractivity contribution in [2.75, 3.05) is 12.4 Å². The lowest BCUT2D eigenvalue weighted by Crippen LogP contribution is -2.05. The molecule has 0 fully saturated rings. The molecule has 0 saturated heterocycles. The summed E-state index contributed by atoms with van der Waals surface area (Å²) in [6, 6.07) is 9.53. The molecule has 0 bridgehead atoms. The van der Waals surface area contributed by atoms with Crippen LogP contribution in [0.4, 0.5) is 10.1 Å². The zero-order valence-corrected chi connectivity index (χ0v) is 12.5. The number of carbonyl (C=O) groups is 1. The number of hydrogen-bond donors (Lipinski definition) is 1. The average Bonchev–Trinajstić information content (AvgIpc) is 2.47. The first-order chi connectivity index (χ1) is 10.0.